The van der Waals surface area contributed by atoms with Gasteiger partial charge in [-0.25, -0.2) is 19.9 Å². The normalized spacial score (nSPS) is 16.0. The number of hydrogen-bond donors (Lipinski definition) is 1. The summed E-state index contributed by atoms with van der Waals surface area (Å²) in [6.45, 7) is 6.50. The summed E-state index contributed by atoms with van der Waals surface area (Å²) < 4.78 is 8.09. The third-order valence-corrected chi connectivity index (χ3v) is 7.49. The molecule has 1 aliphatic heterocycles. The molecule has 5 aromatic rings. The lowest BCUT2D eigenvalue weighted by atomic mass is 9.98. The van der Waals surface area contributed by atoms with Crippen LogP contribution in [-0.4, -0.2) is 42.4 Å². The summed E-state index contributed by atoms with van der Waals surface area (Å²) >= 11 is 0. The molecule has 1 fully saturated rings. The first kappa shape index (κ1) is 26.7. The molecule has 9 nitrogen and oxygen atoms in total. The fraction of sp³-hybridized carbons (Fsp3) is 0.312. The van der Waals surface area contributed by atoms with E-state index in [0.717, 1.165) is 71.4 Å². The molecule has 1 N–H and O–H groups in total. The number of aryl methyl sites for hydroxylation is 2. The third-order valence-electron chi connectivity index (χ3n) is 7.49. The molecule has 1 aliphatic rings. The van der Waals surface area contributed by atoms with Gasteiger partial charge in [0, 0.05) is 30.0 Å². The number of aromatic nitrogens is 6. The van der Waals surface area contributed by atoms with Crippen molar-refractivity contribution in [2.75, 3.05) is 11.9 Å². The van der Waals surface area contributed by atoms with Crippen LogP contribution in [0.2, 0.25) is 0 Å². The molecule has 4 aromatic heterocycles. The Kier molecular flexibility index (Phi) is 7.52. The van der Waals surface area contributed by atoms with Gasteiger partial charge in [0.25, 0.3) is 0 Å². The highest BCUT2D eigenvalue weighted by atomic mass is 16.5. The smallest absolute Gasteiger partial charge is 0.166 e. The van der Waals surface area contributed by atoms with Gasteiger partial charge in [0.2, 0.25) is 0 Å². The van der Waals surface area contributed by atoms with Gasteiger partial charge in [-0.2, -0.15) is 0 Å². The van der Waals surface area contributed by atoms with Crippen LogP contribution in [-0.2, 0) is 16.0 Å². The number of fused-ring (bicyclic) bond motifs is 1. The van der Waals surface area contributed by atoms with Crippen molar-refractivity contribution in [1.29, 1.82) is 0 Å². The Morgan fingerprint density at radius 2 is 1.88 bits per heavy atom. The summed E-state index contributed by atoms with van der Waals surface area (Å²) in [6, 6.07) is 14.2. The van der Waals surface area contributed by atoms with Gasteiger partial charge >= 0.3 is 0 Å². The molecule has 2 atom stereocenters. The van der Waals surface area contributed by atoms with Crippen LogP contribution in [0.25, 0.3) is 22.4 Å². The molecule has 1 saturated heterocycles. The molecule has 0 bridgehead atoms. The van der Waals surface area contributed by atoms with Gasteiger partial charge in [-0.1, -0.05) is 31.2 Å². The molecule has 0 aliphatic carbocycles. The van der Waals surface area contributed by atoms with Crippen molar-refractivity contribution in [2.45, 2.75) is 58.6 Å². The minimum absolute atomic E-state index is 0.0820. The van der Waals surface area contributed by atoms with Gasteiger partial charge in [0.1, 0.15) is 35.4 Å². The summed E-state index contributed by atoms with van der Waals surface area (Å²) in [5, 5.41) is 3.44. The molecule has 9 heteroatoms. The number of aldehydes is 1. The van der Waals surface area contributed by atoms with E-state index in [0.29, 0.717) is 29.3 Å². The summed E-state index contributed by atoms with van der Waals surface area (Å²) in [7, 11) is 0. The molecular weight excluding hydrogens is 514 g/mol. The molecule has 41 heavy (non-hydrogen) atoms. The summed E-state index contributed by atoms with van der Waals surface area (Å²) in [5.41, 5.74) is 7.96. The zero-order chi connectivity index (χ0) is 28.3. The Balaban J connectivity index is 1.43. The van der Waals surface area contributed by atoms with E-state index in [9.17, 15) is 4.79 Å². The first-order chi connectivity index (χ1) is 20.0. The Morgan fingerprint density at radius 1 is 1.02 bits per heavy atom. The second-order valence-corrected chi connectivity index (χ2v) is 10.7. The molecule has 0 radical (unpaired) electrons. The summed E-state index contributed by atoms with van der Waals surface area (Å²) in [6.07, 6.45) is 10.2. The SMILES string of the molecule is Cc1ccc(Nc2ncc(Cc3ccc(C(C)C=O)cc3)cc2-c2nc(C)nc3c2ncn3C2CCCCO2)cn1. The highest BCUT2D eigenvalue weighted by molar-refractivity contribution is 5.92. The Morgan fingerprint density at radius 3 is 2.61 bits per heavy atom. The number of imidazole rings is 1. The molecule has 5 heterocycles. The van der Waals surface area contributed by atoms with Crippen LogP contribution in [0.4, 0.5) is 11.5 Å². The number of hydrogen-bond acceptors (Lipinski definition) is 8. The fourth-order valence-corrected chi connectivity index (χ4v) is 5.18. The van der Waals surface area contributed by atoms with Crippen LogP contribution in [0.3, 0.4) is 0 Å². The van der Waals surface area contributed by atoms with Gasteiger partial charge in [0.05, 0.1) is 18.2 Å². The maximum absolute atomic E-state index is 11.2. The molecule has 2 unspecified atom stereocenters. The van der Waals surface area contributed by atoms with E-state index in [2.05, 4.69) is 28.5 Å². The zero-order valence-electron chi connectivity index (χ0n) is 23.5. The fourth-order valence-electron chi connectivity index (χ4n) is 5.18. The molecule has 1 aromatic carbocycles. The maximum Gasteiger partial charge on any atom is 0.166 e. The predicted molar refractivity (Wildman–Crippen MR) is 158 cm³/mol. The number of nitrogens with zero attached hydrogens (tertiary/aromatic N) is 6. The van der Waals surface area contributed by atoms with Gasteiger partial charge in [-0.05, 0) is 74.4 Å². The maximum atomic E-state index is 11.2. The van der Waals surface area contributed by atoms with E-state index >= 15 is 0 Å². The van der Waals surface area contributed by atoms with Crippen LogP contribution in [0.15, 0.2) is 61.2 Å². The lowest BCUT2D eigenvalue weighted by Crippen LogP contribution is -2.18. The van der Waals surface area contributed by atoms with E-state index in [1.165, 1.54) is 0 Å². The van der Waals surface area contributed by atoms with Crippen LogP contribution in [0.1, 0.15) is 66.5 Å². The number of rotatable bonds is 8. The van der Waals surface area contributed by atoms with E-state index in [4.69, 9.17) is 24.7 Å². The molecule has 0 amide bonds. The molecule has 0 spiro atoms. The van der Waals surface area contributed by atoms with Crippen molar-refractivity contribution in [3.8, 4) is 11.3 Å². The van der Waals surface area contributed by atoms with Crippen molar-refractivity contribution in [3.05, 3.63) is 89.4 Å². The van der Waals surface area contributed by atoms with Crippen molar-refractivity contribution in [3.63, 3.8) is 0 Å². The van der Waals surface area contributed by atoms with Crippen LogP contribution in [0, 0.1) is 13.8 Å². The average molecular weight is 548 g/mol. The van der Waals surface area contributed by atoms with Gasteiger partial charge < -0.3 is 14.8 Å². The van der Waals surface area contributed by atoms with Gasteiger partial charge in [-0.15, -0.1) is 0 Å². The lowest BCUT2D eigenvalue weighted by Gasteiger charge is -2.23. The van der Waals surface area contributed by atoms with Crippen LogP contribution < -0.4 is 5.32 Å². The first-order valence-corrected chi connectivity index (χ1v) is 14.0. The van der Waals surface area contributed by atoms with E-state index in [-0.39, 0.29) is 12.1 Å². The second kappa shape index (κ2) is 11.5. The highest BCUT2D eigenvalue weighted by Gasteiger charge is 2.23. The van der Waals surface area contributed by atoms with Crippen molar-refractivity contribution < 1.29 is 9.53 Å². The van der Waals surface area contributed by atoms with Crippen LogP contribution >= 0.6 is 0 Å². The number of ether oxygens (including phenoxy) is 1. The van der Waals surface area contributed by atoms with Crippen molar-refractivity contribution >= 4 is 29.0 Å². The number of pyridine rings is 2. The van der Waals surface area contributed by atoms with E-state index in [1.54, 1.807) is 6.20 Å². The average Bonchev–Trinajstić information content (AvgIpc) is 3.43. The number of carbonyl (C=O) groups excluding carboxylic acids is 1. The zero-order valence-corrected chi connectivity index (χ0v) is 23.5. The standard InChI is InChI=1S/C32H33N7O2/c1-20(18-40)25-10-8-23(9-11-25)14-24-15-27(31(34-16-24)38-26-12-7-21(2)33-17-26)29-30-32(37-22(3)36-29)39(19-35-30)28-6-4-5-13-41-28/h7-12,15-20,28H,4-6,13-14H2,1-3H3,(H,34,38). The van der Waals surface area contributed by atoms with Crippen molar-refractivity contribution in [2.24, 2.45) is 0 Å². The quantitative estimate of drug-likeness (QED) is 0.228. The van der Waals surface area contributed by atoms with Crippen molar-refractivity contribution in [1.82, 2.24) is 29.5 Å². The second-order valence-electron chi connectivity index (χ2n) is 10.7. The Bertz CT molecular complexity index is 1670. The van der Waals surface area contributed by atoms with Crippen LogP contribution in [0.5, 0.6) is 0 Å². The number of nitrogens with one attached hydrogen (secondary N) is 1. The topological polar surface area (TPSA) is 108 Å². The van der Waals surface area contributed by atoms with Gasteiger partial charge in [0.15, 0.2) is 5.65 Å². The highest BCUT2D eigenvalue weighted by Crippen LogP contribution is 2.34. The molecule has 6 rings (SSSR count). The monoisotopic (exact) mass is 547 g/mol. The van der Waals surface area contributed by atoms with E-state index in [1.807, 2.05) is 62.1 Å². The molecule has 208 valence electrons. The molecule has 0 saturated carbocycles. The molecular formula is C32H33N7O2. The minimum Gasteiger partial charge on any atom is -0.358 e. The largest absolute Gasteiger partial charge is 0.358 e. The number of carbonyl (C=O) groups is 1. The minimum atomic E-state index is -0.124. The summed E-state index contributed by atoms with van der Waals surface area (Å²) in [5.74, 6) is 1.19. The number of benzene rings is 1. The first-order valence-electron chi connectivity index (χ1n) is 14.0. The summed E-state index contributed by atoms with van der Waals surface area (Å²) in [4.78, 5) is 34.9. The lowest BCUT2D eigenvalue weighted by molar-refractivity contribution is -0.108. The van der Waals surface area contributed by atoms with E-state index < -0.39 is 0 Å². The van der Waals surface area contributed by atoms with Gasteiger partial charge in [-0.3, -0.25) is 9.55 Å². The Hall–Kier alpha value is -4.50. The Labute approximate surface area is 239 Å². The third kappa shape index (κ3) is 5.71. The predicted octanol–water partition coefficient (Wildman–Crippen LogP) is 6.24. The number of anilines is 2.